The first-order valence-corrected chi connectivity index (χ1v) is 20.7. The second-order valence-corrected chi connectivity index (χ2v) is 17.0. The van der Waals surface area contributed by atoms with Crippen molar-refractivity contribution in [2.24, 2.45) is 0 Å². The lowest BCUT2D eigenvalue weighted by Gasteiger charge is -2.38. The lowest BCUT2D eigenvalue weighted by Crippen LogP contribution is -2.53. The highest BCUT2D eigenvalue weighted by molar-refractivity contribution is 8.00. The van der Waals surface area contributed by atoms with Gasteiger partial charge in [-0.3, -0.25) is 29.0 Å². The molecule has 2 aliphatic heterocycles. The predicted molar refractivity (Wildman–Crippen MR) is 228 cm³/mol. The van der Waals surface area contributed by atoms with E-state index < -0.39 is 64.1 Å². The molecule has 2 heterocycles. The van der Waals surface area contributed by atoms with E-state index in [0.717, 1.165) is 21.6 Å². The summed E-state index contributed by atoms with van der Waals surface area (Å²) in [5, 5.41) is 23.6. The topological polar surface area (TPSA) is 188 Å². The summed E-state index contributed by atoms with van der Waals surface area (Å²) in [5.41, 5.74) is 1.55. The van der Waals surface area contributed by atoms with Crippen molar-refractivity contribution < 1.29 is 48.5 Å². The van der Waals surface area contributed by atoms with E-state index >= 15 is 0 Å². The fourth-order valence-corrected chi connectivity index (χ4v) is 9.64. The van der Waals surface area contributed by atoms with Gasteiger partial charge in [0.05, 0.1) is 4.75 Å². The van der Waals surface area contributed by atoms with Crippen molar-refractivity contribution in [3.05, 3.63) is 154 Å². The number of nitrogens with one attached hydrogen (secondary N) is 1. The van der Waals surface area contributed by atoms with Gasteiger partial charge in [0.25, 0.3) is 23.6 Å². The molecule has 0 bridgehead atoms. The van der Waals surface area contributed by atoms with Gasteiger partial charge in [0.2, 0.25) is 0 Å². The number of hydrogen-bond donors (Lipinski definition) is 3. The van der Waals surface area contributed by atoms with Crippen molar-refractivity contribution >= 4 is 64.2 Å². The molecule has 5 aromatic carbocycles. The van der Waals surface area contributed by atoms with Gasteiger partial charge in [-0.25, -0.2) is 14.4 Å². The van der Waals surface area contributed by atoms with Crippen LogP contribution in [-0.2, 0) is 19.1 Å². The molecule has 0 aromatic heterocycles. The number of nitrogens with zero attached hydrogens (tertiary/aromatic N) is 2. The number of unbranched alkanes of at least 4 members (excludes halogenated alkanes) is 1. The summed E-state index contributed by atoms with van der Waals surface area (Å²) in [6.45, 7) is 5.33. The third-order valence-corrected chi connectivity index (χ3v) is 12.3. The Hall–Kier alpha value is -6.80. The maximum atomic E-state index is 14.5. The van der Waals surface area contributed by atoms with Crippen LogP contribution in [-0.4, -0.2) is 91.7 Å². The Balaban J connectivity index is 1.18. The van der Waals surface area contributed by atoms with Crippen molar-refractivity contribution in [3.63, 3.8) is 0 Å². The number of imide groups is 2. The highest BCUT2D eigenvalue weighted by atomic mass is 32.2. The van der Waals surface area contributed by atoms with Gasteiger partial charge < -0.3 is 20.3 Å². The summed E-state index contributed by atoms with van der Waals surface area (Å²) < 4.78 is 4.25. The molecule has 0 unspecified atom stereocenters. The molecule has 2 aliphatic rings. The van der Waals surface area contributed by atoms with Crippen LogP contribution in [0.3, 0.4) is 0 Å². The number of carbonyl (C=O) groups excluding carboxylic acids is 5. The number of carboxylic acid groups (broad SMARTS) is 2. The van der Waals surface area contributed by atoms with Gasteiger partial charge in [0, 0.05) is 45.3 Å². The molecule has 7 rings (SSSR count). The number of ether oxygens (including phenoxy) is 1. The van der Waals surface area contributed by atoms with Crippen molar-refractivity contribution in [2.75, 3.05) is 12.3 Å². The van der Waals surface area contributed by atoms with Crippen LogP contribution in [0.2, 0.25) is 0 Å². The smallest absolute Gasteiger partial charge is 0.407 e. The van der Waals surface area contributed by atoms with Gasteiger partial charge in [-0.05, 0) is 81.0 Å². The first-order valence-electron chi connectivity index (χ1n) is 19.7. The number of thioether (sulfide) groups is 1. The monoisotopic (exact) mass is 841 g/mol. The minimum absolute atomic E-state index is 0.0193. The van der Waals surface area contributed by atoms with Crippen molar-refractivity contribution in [2.45, 2.75) is 62.5 Å². The predicted octanol–water partition coefficient (Wildman–Crippen LogP) is 7.36. The average Bonchev–Trinajstić information content (AvgIpc) is 3.23. The molecule has 0 fully saturated rings. The number of alkyl carbamates (subject to hydrolysis) is 1. The molecular weight excluding hydrogens is 799 g/mol. The maximum Gasteiger partial charge on any atom is 0.407 e. The highest BCUT2D eigenvalue weighted by Gasteiger charge is 2.47. The number of carboxylic acids is 2. The molecule has 0 saturated heterocycles. The second-order valence-electron chi connectivity index (χ2n) is 15.8. The molecule has 2 atom stereocenters. The van der Waals surface area contributed by atoms with Gasteiger partial charge in [-0.2, -0.15) is 0 Å². The number of aliphatic carboxylic acids is 2. The Labute approximate surface area is 355 Å². The number of benzene rings is 5. The maximum absolute atomic E-state index is 14.5. The van der Waals surface area contributed by atoms with Crippen LogP contribution in [0.1, 0.15) is 98.2 Å². The minimum atomic E-state index is -1.65. The fourth-order valence-electron chi connectivity index (χ4n) is 8.04. The van der Waals surface area contributed by atoms with Gasteiger partial charge in [0.15, 0.2) is 0 Å². The number of carbonyl (C=O) groups is 7. The first-order chi connectivity index (χ1) is 29.2. The molecule has 3 N–H and O–H groups in total. The molecule has 0 radical (unpaired) electrons. The summed E-state index contributed by atoms with van der Waals surface area (Å²) in [7, 11) is 0. The lowest BCUT2D eigenvalue weighted by atomic mass is 9.84. The van der Waals surface area contributed by atoms with E-state index in [4.69, 9.17) is 4.74 Å². The van der Waals surface area contributed by atoms with E-state index in [1.54, 1.807) is 20.8 Å². The standard InChI is InChI=1S/C47H43N3O10S/c1-46(2,3)60-45(59)48-26-14-13-21-35(43(55)56)49-39(51)31-22-24-33-38-34(25-23-32(37(31)38)40(49)52)42(54)50(41(33)53)36(44(57)58)27-61-47(28-15-7-4-8-16-28,29-17-9-5-10-18-29)30-19-11-6-12-20-30/h4-12,15-20,22-25,35-36H,13-14,21,26-27H2,1-3H3,(H,48,59)(H,55,56)(H,57,58)/t35-,36-/m0/s1. The van der Waals surface area contributed by atoms with Crippen LogP contribution < -0.4 is 5.32 Å². The molecular formula is C47H43N3O10S. The van der Waals surface area contributed by atoms with E-state index in [-0.39, 0.29) is 58.2 Å². The largest absolute Gasteiger partial charge is 0.480 e. The van der Waals surface area contributed by atoms with E-state index in [9.17, 15) is 43.8 Å². The molecule has 13 nitrogen and oxygen atoms in total. The molecule has 61 heavy (non-hydrogen) atoms. The zero-order valence-corrected chi connectivity index (χ0v) is 34.4. The van der Waals surface area contributed by atoms with Crippen LogP contribution in [0.25, 0.3) is 10.8 Å². The Kier molecular flexibility index (Phi) is 11.8. The third kappa shape index (κ3) is 7.98. The Bertz CT molecular complexity index is 2390. The molecule has 5 aromatic rings. The SMILES string of the molecule is CC(C)(C)OC(=O)NCCCC[C@@H](C(=O)O)N1C(=O)c2ccc3c4c(ccc(c24)C1=O)C(=O)N([C@@H](CSC(c1ccccc1)(c1ccccc1)c1ccccc1)C(=O)O)C3=O. The van der Waals surface area contributed by atoms with Crippen LogP contribution in [0, 0.1) is 0 Å². The quantitative estimate of drug-likeness (QED) is 0.0543. The fraction of sp³-hybridized carbons (Fsp3) is 0.255. The number of hydrogen-bond acceptors (Lipinski definition) is 9. The van der Waals surface area contributed by atoms with Gasteiger partial charge >= 0.3 is 18.0 Å². The summed E-state index contributed by atoms with van der Waals surface area (Å²) in [4.78, 5) is 96.3. The summed E-state index contributed by atoms with van der Waals surface area (Å²) in [5.74, 6) is -6.70. The lowest BCUT2D eigenvalue weighted by molar-refractivity contribution is -0.142. The van der Waals surface area contributed by atoms with E-state index in [1.807, 2.05) is 91.0 Å². The highest BCUT2D eigenvalue weighted by Crippen LogP contribution is 2.49. The van der Waals surface area contributed by atoms with Gasteiger partial charge in [-0.1, -0.05) is 91.0 Å². The van der Waals surface area contributed by atoms with Crippen molar-refractivity contribution in [1.82, 2.24) is 15.1 Å². The van der Waals surface area contributed by atoms with E-state index in [1.165, 1.54) is 36.0 Å². The third-order valence-electron chi connectivity index (χ3n) is 10.7. The molecule has 5 amide bonds. The van der Waals surface area contributed by atoms with Gasteiger partial charge in [-0.15, -0.1) is 11.8 Å². The average molecular weight is 842 g/mol. The van der Waals surface area contributed by atoms with E-state index in [2.05, 4.69) is 5.32 Å². The summed E-state index contributed by atoms with van der Waals surface area (Å²) in [6, 6.07) is 30.7. The van der Waals surface area contributed by atoms with Crippen LogP contribution in [0.15, 0.2) is 115 Å². The minimum Gasteiger partial charge on any atom is -0.480 e. The van der Waals surface area contributed by atoms with Crippen LogP contribution >= 0.6 is 11.8 Å². The Morgan fingerprint density at radius 1 is 0.590 bits per heavy atom. The molecule has 0 spiro atoms. The summed E-state index contributed by atoms with van der Waals surface area (Å²) >= 11 is 1.28. The normalized spacial score (nSPS) is 14.8. The molecule has 14 heteroatoms. The molecule has 0 saturated carbocycles. The van der Waals surface area contributed by atoms with Crippen molar-refractivity contribution in [1.29, 1.82) is 0 Å². The van der Waals surface area contributed by atoms with Crippen LogP contribution in [0.4, 0.5) is 4.79 Å². The van der Waals surface area contributed by atoms with Crippen molar-refractivity contribution in [3.8, 4) is 0 Å². The first kappa shape index (κ1) is 42.3. The zero-order valence-electron chi connectivity index (χ0n) is 33.6. The molecule has 0 aliphatic carbocycles. The molecule has 312 valence electrons. The van der Waals surface area contributed by atoms with E-state index in [0.29, 0.717) is 11.3 Å². The zero-order chi connectivity index (χ0) is 43.6. The van der Waals surface area contributed by atoms with Crippen LogP contribution in [0.5, 0.6) is 0 Å². The number of amides is 5. The second kappa shape index (κ2) is 17.1. The number of rotatable bonds is 15. The Morgan fingerprint density at radius 2 is 0.967 bits per heavy atom. The summed E-state index contributed by atoms with van der Waals surface area (Å²) in [6.07, 6.45) is -0.179. The Morgan fingerprint density at radius 3 is 1.33 bits per heavy atom. The van der Waals surface area contributed by atoms with Gasteiger partial charge in [0.1, 0.15) is 17.7 Å².